The Bertz CT molecular complexity index is 794. The number of nitrogen functional groups attached to an aromatic ring is 1. The molecular formula is C15H12N4O. The van der Waals surface area contributed by atoms with E-state index < -0.39 is 0 Å². The average molecular weight is 264 g/mol. The van der Waals surface area contributed by atoms with Crippen LogP contribution in [0.4, 0.5) is 5.82 Å². The molecule has 0 fully saturated rings. The first-order valence-electron chi connectivity index (χ1n) is 6.10. The van der Waals surface area contributed by atoms with Crippen molar-refractivity contribution in [3.8, 4) is 23.2 Å². The minimum atomic E-state index is 0.310. The van der Waals surface area contributed by atoms with E-state index in [0.717, 1.165) is 11.3 Å². The van der Waals surface area contributed by atoms with Crippen LogP contribution < -0.4 is 5.73 Å². The van der Waals surface area contributed by atoms with Gasteiger partial charge in [0.05, 0.1) is 12.0 Å². The summed E-state index contributed by atoms with van der Waals surface area (Å²) in [5.74, 6) is 0.837. The zero-order chi connectivity index (χ0) is 14.1. The van der Waals surface area contributed by atoms with Gasteiger partial charge in [-0.2, -0.15) is 10.4 Å². The molecule has 3 rings (SSSR count). The van der Waals surface area contributed by atoms with E-state index in [1.54, 1.807) is 23.1 Å². The molecule has 0 aliphatic heterocycles. The molecule has 0 radical (unpaired) electrons. The fourth-order valence-corrected chi connectivity index (χ4v) is 2.08. The highest BCUT2D eigenvalue weighted by Gasteiger charge is 2.19. The van der Waals surface area contributed by atoms with E-state index in [1.165, 1.54) is 0 Å². The van der Waals surface area contributed by atoms with Gasteiger partial charge in [0.2, 0.25) is 0 Å². The standard InChI is InChI=1S/C15H12N4O/c1-10-4-2-5-11(8-10)19-15(17)12(9-16)14(18-19)13-6-3-7-20-13/h2-8H,17H2,1H3. The van der Waals surface area contributed by atoms with Crippen molar-refractivity contribution in [1.82, 2.24) is 9.78 Å². The Balaban J connectivity index is 2.22. The number of aryl methyl sites for hydroxylation is 1. The first-order valence-corrected chi connectivity index (χ1v) is 6.10. The predicted octanol–water partition coefficient (Wildman–Crippen LogP) is 2.89. The number of rotatable bonds is 2. The fraction of sp³-hybridized carbons (Fsp3) is 0.0667. The van der Waals surface area contributed by atoms with Gasteiger partial charge in [-0.25, -0.2) is 4.68 Å². The molecule has 2 heterocycles. The van der Waals surface area contributed by atoms with Gasteiger partial charge in [-0.05, 0) is 36.8 Å². The first kappa shape index (κ1) is 12.1. The number of hydrogen-bond acceptors (Lipinski definition) is 4. The Labute approximate surface area is 115 Å². The zero-order valence-corrected chi connectivity index (χ0v) is 10.9. The van der Waals surface area contributed by atoms with Crippen molar-refractivity contribution in [2.75, 3.05) is 5.73 Å². The van der Waals surface area contributed by atoms with Crippen molar-refractivity contribution in [2.24, 2.45) is 0 Å². The van der Waals surface area contributed by atoms with Crippen LogP contribution in [0.2, 0.25) is 0 Å². The summed E-state index contributed by atoms with van der Waals surface area (Å²) < 4.78 is 6.87. The van der Waals surface area contributed by atoms with Crippen LogP contribution in [0, 0.1) is 18.3 Å². The molecule has 0 aliphatic carbocycles. The average Bonchev–Trinajstić information content (AvgIpc) is 3.05. The lowest BCUT2D eigenvalue weighted by Crippen LogP contribution is -2.02. The summed E-state index contributed by atoms with van der Waals surface area (Å²) in [7, 11) is 0. The van der Waals surface area contributed by atoms with E-state index in [1.807, 2.05) is 31.2 Å². The molecular weight excluding hydrogens is 252 g/mol. The van der Waals surface area contributed by atoms with Crippen LogP contribution in [-0.2, 0) is 0 Å². The number of nitrogens with zero attached hydrogens (tertiary/aromatic N) is 3. The minimum absolute atomic E-state index is 0.310. The molecule has 0 bridgehead atoms. The van der Waals surface area contributed by atoms with Crippen LogP contribution >= 0.6 is 0 Å². The maximum atomic E-state index is 9.29. The van der Waals surface area contributed by atoms with Crippen LogP contribution in [0.5, 0.6) is 0 Å². The third kappa shape index (κ3) is 1.84. The van der Waals surface area contributed by atoms with Crippen LogP contribution in [0.15, 0.2) is 47.1 Å². The van der Waals surface area contributed by atoms with Gasteiger partial charge >= 0.3 is 0 Å². The van der Waals surface area contributed by atoms with Gasteiger partial charge in [0.15, 0.2) is 5.76 Å². The lowest BCUT2D eigenvalue weighted by Gasteiger charge is -2.04. The van der Waals surface area contributed by atoms with Gasteiger partial charge in [-0.15, -0.1) is 0 Å². The van der Waals surface area contributed by atoms with E-state index >= 15 is 0 Å². The molecule has 20 heavy (non-hydrogen) atoms. The molecule has 0 saturated carbocycles. The summed E-state index contributed by atoms with van der Waals surface area (Å²) in [6, 6.07) is 13.3. The summed E-state index contributed by atoms with van der Waals surface area (Å²) in [5, 5.41) is 13.7. The number of nitriles is 1. The quantitative estimate of drug-likeness (QED) is 0.771. The van der Waals surface area contributed by atoms with Crippen LogP contribution in [0.25, 0.3) is 17.1 Å². The van der Waals surface area contributed by atoms with E-state index in [2.05, 4.69) is 11.2 Å². The van der Waals surface area contributed by atoms with E-state index in [-0.39, 0.29) is 0 Å². The van der Waals surface area contributed by atoms with Crippen molar-refractivity contribution in [2.45, 2.75) is 6.92 Å². The molecule has 0 saturated heterocycles. The molecule has 5 nitrogen and oxygen atoms in total. The Morgan fingerprint density at radius 3 is 2.80 bits per heavy atom. The summed E-state index contributed by atoms with van der Waals surface area (Å²) in [4.78, 5) is 0. The Kier molecular flexibility index (Phi) is 2.77. The van der Waals surface area contributed by atoms with Crippen molar-refractivity contribution >= 4 is 5.82 Å². The number of benzene rings is 1. The highest BCUT2D eigenvalue weighted by Crippen LogP contribution is 2.28. The largest absolute Gasteiger partial charge is 0.463 e. The first-order chi connectivity index (χ1) is 9.70. The van der Waals surface area contributed by atoms with Gasteiger partial charge < -0.3 is 10.2 Å². The highest BCUT2D eigenvalue weighted by atomic mass is 16.3. The summed E-state index contributed by atoms with van der Waals surface area (Å²) in [6.07, 6.45) is 1.54. The molecule has 0 unspecified atom stereocenters. The number of hydrogen-bond donors (Lipinski definition) is 1. The van der Waals surface area contributed by atoms with Gasteiger partial charge in [0.25, 0.3) is 0 Å². The second-order valence-electron chi connectivity index (χ2n) is 4.45. The maximum absolute atomic E-state index is 9.29. The van der Waals surface area contributed by atoms with Gasteiger partial charge in [0, 0.05) is 0 Å². The zero-order valence-electron chi connectivity index (χ0n) is 10.9. The van der Waals surface area contributed by atoms with Crippen molar-refractivity contribution < 1.29 is 4.42 Å². The molecule has 1 aromatic carbocycles. The van der Waals surface area contributed by atoms with Crippen molar-refractivity contribution in [3.63, 3.8) is 0 Å². The monoisotopic (exact) mass is 264 g/mol. The SMILES string of the molecule is Cc1cccc(-n2nc(-c3ccco3)c(C#N)c2N)c1. The maximum Gasteiger partial charge on any atom is 0.155 e. The molecule has 3 aromatic rings. The summed E-state index contributed by atoms with van der Waals surface area (Å²) in [6.45, 7) is 1.99. The van der Waals surface area contributed by atoms with Crippen LogP contribution in [0.3, 0.4) is 0 Å². The molecule has 2 N–H and O–H groups in total. The highest BCUT2D eigenvalue weighted by molar-refractivity contribution is 5.70. The van der Waals surface area contributed by atoms with E-state index in [0.29, 0.717) is 22.8 Å². The topological polar surface area (TPSA) is 80.8 Å². The molecule has 2 aromatic heterocycles. The lowest BCUT2D eigenvalue weighted by molar-refractivity contribution is 0.579. The number of furan rings is 1. The summed E-state index contributed by atoms with van der Waals surface area (Å²) in [5.41, 5.74) is 8.72. The smallest absolute Gasteiger partial charge is 0.155 e. The fourth-order valence-electron chi connectivity index (χ4n) is 2.08. The molecule has 0 amide bonds. The normalized spacial score (nSPS) is 10.4. The van der Waals surface area contributed by atoms with Crippen molar-refractivity contribution in [3.05, 3.63) is 53.8 Å². The second kappa shape index (κ2) is 4.59. The Morgan fingerprint density at radius 2 is 2.15 bits per heavy atom. The third-order valence-electron chi connectivity index (χ3n) is 3.03. The number of aromatic nitrogens is 2. The molecule has 0 atom stereocenters. The van der Waals surface area contributed by atoms with Gasteiger partial charge in [0.1, 0.15) is 23.1 Å². The molecule has 0 aliphatic rings. The molecule has 98 valence electrons. The Hall–Kier alpha value is -3.00. The lowest BCUT2D eigenvalue weighted by atomic mass is 10.2. The van der Waals surface area contributed by atoms with Crippen LogP contribution in [-0.4, -0.2) is 9.78 Å². The number of nitrogens with two attached hydrogens (primary N) is 1. The van der Waals surface area contributed by atoms with Crippen LogP contribution in [0.1, 0.15) is 11.1 Å². The van der Waals surface area contributed by atoms with Gasteiger partial charge in [-0.3, -0.25) is 0 Å². The van der Waals surface area contributed by atoms with E-state index in [4.69, 9.17) is 10.2 Å². The molecule has 5 heteroatoms. The Morgan fingerprint density at radius 1 is 1.30 bits per heavy atom. The second-order valence-corrected chi connectivity index (χ2v) is 4.45. The molecule has 0 spiro atoms. The predicted molar refractivity (Wildman–Crippen MR) is 75.1 cm³/mol. The van der Waals surface area contributed by atoms with E-state index in [9.17, 15) is 5.26 Å². The summed E-state index contributed by atoms with van der Waals surface area (Å²) >= 11 is 0. The number of anilines is 1. The third-order valence-corrected chi connectivity index (χ3v) is 3.03. The van der Waals surface area contributed by atoms with Gasteiger partial charge in [-0.1, -0.05) is 12.1 Å². The van der Waals surface area contributed by atoms with Crippen molar-refractivity contribution in [1.29, 1.82) is 5.26 Å². The minimum Gasteiger partial charge on any atom is -0.463 e.